The van der Waals surface area contributed by atoms with Crippen molar-refractivity contribution in [1.29, 1.82) is 0 Å². The Hall–Kier alpha value is -6.48. The number of phenols is 1. The van der Waals surface area contributed by atoms with Crippen LogP contribution in [0.2, 0.25) is 5.28 Å². The van der Waals surface area contributed by atoms with Gasteiger partial charge in [-0.05, 0) is 59.5 Å². The Bertz CT molecular complexity index is 2870. The average Bonchev–Trinajstić information content (AvgIpc) is 3.05. The molecule has 302 valence electrons. The Morgan fingerprint density at radius 1 is 0.649 bits per heavy atom. The molecule has 4 aromatic carbocycles. The Kier molecular flexibility index (Phi) is 16.7. The standard InChI is InChI=1S/C25H19ClN10O7S2.3O3S/c26-23-30-24(28)32-25(31-23)29-13-4-3-5-14(11-13)33-36-21-18(45(41,42)43)10-12-8-9-16(20(27)19(12)22(21)37)35-34-15-6-1-2-7-17(15)44(38,39)40;3*1-4(2)3/h1-11,37H,27H2,(H,38,39,40)(H,41,42,43)(H3,28,29,30,31,32);;;. The van der Waals surface area contributed by atoms with Crippen LogP contribution in [0.15, 0.2) is 97.0 Å². The number of halogens is 1. The molecule has 57 heavy (non-hydrogen) atoms. The minimum Gasteiger partial charge on any atom is -0.505 e. The molecule has 1 aromatic heterocycles. The van der Waals surface area contributed by atoms with Gasteiger partial charge < -0.3 is 21.9 Å². The molecule has 1 heterocycles. The Morgan fingerprint density at radius 2 is 1.21 bits per heavy atom. The predicted molar refractivity (Wildman–Crippen MR) is 193 cm³/mol. The van der Waals surface area contributed by atoms with E-state index in [1.807, 2.05) is 0 Å². The Balaban J connectivity index is 0.000000822. The Labute approximate surface area is 327 Å². The van der Waals surface area contributed by atoms with Gasteiger partial charge >= 0.3 is 31.8 Å². The lowest BCUT2D eigenvalue weighted by Crippen LogP contribution is -2.03. The lowest BCUT2D eigenvalue weighted by atomic mass is 10.1. The first-order valence-electron chi connectivity index (χ1n) is 13.7. The number of aromatic hydroxyl groups is 1. The molecule has 5 aromatic rings. The van der Waals surface area contributed by atoms with E-state index < -0.39 is 73.3 Å². The van der Waals surface area contributed by atoms with Gasteiger partial charge in [-0.25, -0.2) is 0 Å². The molecule has 0 aliphatic rings. The van der Waals surface area contributed by atoms with Crippen LogP contribution in [0.4, 0.5) is 46.0 Å². The number of hydrogen-bond acceptors (Lipinski definition) is 24. The number of phenolic OH excluding ortho intramolecular Hbond substituents is 1. The highest BCUT2D eigenvalue weighted by Gasteiger charge is 2.24. The molecular weight excluding hydrogens is 892 g/mol. The number of benzene rings is 4. The second-order valence-electron chi connectivity index (χ2n) is 9.56. The van der Waals surface area contributed by atoms with E-state index in [9.17, 15) is 31.0 Å². The molecule has 0 spiro atoms. The van der Waals surface area contributed by atoms with E-state index in [-0.39, 0.29) is 50.7 Å². The number of nitrogens with one attached hydrogen (secondary N) is 1. The average molecular weight is 911 g/mol. The number of fused-ring (bicyclic) bond motifs is 1. The quantitative estimate of drug-likeness (QED) is 0.0740. The summed E-state index contributed by atoms with van der Waals surface area (Å²) in [6, 6.07) is 15.1. The highest BCUT2D eigenvalue weighted by atomic mass is 35.5. The molecule has 0 fully saturated rings. The predicted octanol–water partition coefficient (Wildman–Crippen LogP) is 2.60. The third-order valence-electron chi connectivity index (χ3n) is 5.92. The van der Waals surface area contributed by atoms with E-state index in [0.717, 1.165) is 12.1 Å². The fourth-order valence-electron chi connectivity index (χ4n) is 4.00. The van der Waals surface area contributed by atoms with Crippen LogP contribution >= 0.6 is 11.6 Å². The van der Waals surface area contributed by atoms with Gasteiger partial charge in [0.2, 0.25) is 17.2 Å². The van der Waals surface area contributed by atoms with E-state index in [0.29, 0.717) is 5.69 Å². The van der Waals surface area contributed by atoms with Crippen LogP contribution in [0, 0.1) is 0 Å². The summed E-state index contributed by atoms with van der Waals surface area (Å²) >= 11 is 5.80. The molecule has 0 radical (unpaired) electrons. The van der Waals surface area contributed by atoms with Gasteiger partial charge in [0, 0.05) is 5.69 Å². The molecule has 0 aliphatic carbocycles. The molecule has 8 N–H and O–H groups in total. The van der Waals surface area contributed by atoms with Gasteiger partial charge in [0.25, 0.3) is 20.2 Å². The van der Waals surface area contributed by atoms with Crippen LogP contribution in [-0.4, -0.2) is 83.9 Å². The van der Waals surface area contributed by atoms with Crippen molar-refractivity contribution in [2.45, 2.75) is 9.79 Å². The molecule has 0 aliphatic heterocycles. The summed E-state index contributed by atoms with van der Waals surface area (Å²) in [7, 11) is -18.9. The fourth-order valence-corrected chi connectivity index (χ4v) is 5.45. The zero-order chi connectivity index (χ0) is 43.2. The van der Waals surface area contributed by atoms with E-state index >= 15 is 0 Å². The van der Waals surface area contributed by atoms with Crippen molar-refractivity contribution in [3.8, 4) is 5.75 Å². The molecule has 0 saturated carbocycles. The third-order valence-corrected chi connectivity index (χ3v) is 7.85. The molecule has 0 unspecified atom stereocenters. The minimum atomic E-state index is -4.93. The SMILES string of the molecule is Nc1nc(Cl)nc(Nc2cccc(N=Nc3c(S(=O)(=O)O)cc4ccc(N=Nc5ccccc5S(=O)(=O)O)c(N)c4c3O)c2)n1.O=S(=O)=O.O=S(=O)=O.O=S(=O)=O. The zero-order valence-electron chi connectivity index (χ0n) is 27.2. The Morgan fingerprint density at radius 3 is 1.77 bits per heavy atom. The fraction of sp³-hybridized carbons (Fsp3) is 0. The molecule has 0 amide bonds. The number of aromatic nitrogens is 3. The summed E-state index contributed by atoms with van der Waals surface area (Å²) in [5.74, 6) is -0.849. The minimum absolute atomic E-state index is 0.0346. The number of nitrogens with two attached hydrogens (primary N) is 2. The van der Waals surface area contributed by atoms with Crippen LogP contribution in [0.25, 0.3) is 10.8 Å². The van der Waals surface area contributed by atoms with E-state index in [1.54, 1.807) is 12.1 Å². The number of hydrogen-bond donors (Lipinski definition) is 6. The van der Waals surface area contributed by atoms with Crippen LogP contribution < -0.4 is 16.8 Å². The zero-order valence-corrected chi connectivity index (χ0v) is 32.0. The van der Waals surface area contributed by atoms with Crippen molar-refractivity contribution < 1.29 is 68.9 Å². The summed E-state index contributed by atoms with van der Waals surface area (Å²) < 4.78 is 143. The second kappa shape index (κ2) is 20.4. The van der Waals surface area contributed by atoms with Crippen molar-refractivity contribution in [2.75, 3.05) is 16.8 Å². The van der Waals surface area contributed by atoms with Crippen molar-refractivity contribution >= 4 is 120 Å². The second-order valence-corrected chi connectivity index (χ2v) is 13.9. The van der Waals surface area contributed by atoms with Crippen molar-refractivity contribution in [3.05, 3.63) is 72.0 Å². The smallest absolute Gasteiger partial charge is 0.425 e. The summed E-state index contributed by atoms with van der Waals surface area (Å²) in [6.45, 7) is 0. The molecule has 26 nitrogen and oxygen atoms in total. The highest BCUT2D eigenvalue weighted by Crippen LogP contribution is 2.46. The van der Waals surface area contributed by atoms with E-state index in [4.69, 9.17) is 60.9 Å². The summed E-state index contributed by atoms with van der Waals surface area (Å²) in [6.07, 6.45) is 0. The largest absolute Gasteiger partial charge is 0.505 e. The number of azo groups is 2. The number of rotatable bonds is 8. The first-order valence-corrected chi connectivity index (χ1v) is 20.0. The number of nitrogen functional groups attached to an aromatic ring is 2. The number of nitrogens with zero attached hydrogens (tertiary/aromatic N) is 7. The lowest BCUT2D eigenvalue weighted by Gasteiger charge is -2.12. The highest BCUT2D eigenvalue weighted by molar-refractivity contribution is 7.86. The molecule has 0 saturated heterocycles. The van der Waals surface area contributed by atoms with Gasteiger partial charge in [-0.3, -0.25) is 9.11 Å². The van der Waals surface area contributed by atoms with Crippen LogP contribution in [-0.2, 0) is 52.1 Å². The van der Waals surface area contributed by atoms with Gasteiger partial charge in [0.1, 0.15) is 26.9 Å². The number of anilines is 4. The van der Waals surface area contributed by atoms with Gasteiger partial charge in [0.05, 0.1) is 16.8 Å². The maximum Gasteiger partial charge on any atom is 0.425 e. The summed E-state index contributed by atoms with van der Waals surface area (Å²) in [4.78, 5) is 10.2. The van der Waals surface area contributed by atoms with Gasteiger partial charge in [-0.2, -0.15) is 36.9 Å². The van der Waals surface area contributed by atoms with E-state index in [2.05, 4.69) is 40.7 Å². The van der Waals surface area contributed by atoms with Crippen molar-refractivity contribution in [2.24, 2.45) is 20.5 Å². The molecule has 0 bridgehead atoms. The summed E-state index contributed by atoms with van der Waals surface area (Å²) in [5, 5.41) is 29.5. The molecule has 0 atom stereocenters. The third kappa shape index (κ3) is 15.3. The van der Waals surface area contributed by atoms with Crippen LogP contribution in [0.5, 0.6) is 5.75 Å². The molecular formula is C25H19ClN10O16S5. The van der Waals surface area contributed by atoms with Gasteiger partial charge in [-0.1, -0.05) is 24.3 Å². The van der Waals surface area contributed by atoms with Gasteiger partial charge in [0.15, 0.2) is 5.75 Å². The van der Waals surface area contributed by atoms with Crippen molar-refractivity contribution in [1.82, 2.24) is 15.0 Å². The van der Waals surface area contributed by atoms with E-state index in [1.165, 1.54) is 42.5 Å². The first kappa shape index (κ1) is 46.7. The first-order chi connectivity index (χ1) is 26.4. The molecule has 5 rings (SSSR count). The maximum absolute atomic E-state index is 12.3. The maximum atomic E-state index is 12.3. The molecule has 32 heteroatoms. The summed E-state index contributed by atoms with van der Waals surface area (Å²) in [5.41, 5.74) is 11.3. The lowest BCUT2D eigenvalue weighted by molar-refractivity contribution is 0.472. The normalized spacial score (nSPS) is 11.0. The van der Waals surface area contributed by atoms with Crippen LogP contribution in [0.3, 0.4) is 0 Å². The van der Waals surface area contributed by atoms with Crippen molar-refractivity contribution in [3.63, 3.8) is 0 Å². The van der Waals surface area contributed by atoms with Gasteiger partial charge in [-0.15, -0.1) is 53.2 Å². The monoisotopic (exact) mass is 910 g/mol. The topological polar surface area (TPSA) is 435 Å². The van der Waals surface area contributed by atoms with Crippen LogP contribution in [0.1, 0.15) is 0 Å².